The van der Waals surface area contributed by atoms with Crippen molar-refractivity contribution in [2.24, 2.45) is 13.0 Å². The van der Waals surface area contributed by atoms with Crippen LogP contribution in [0.1, 0.15) is 75.0 Å². The summed E-state index contributed by atoms with van der Waals surface area (Å²) in [6.07, 6.45) is 5.97. The van der Waals surface area contributed by atoms with E-state index in [9.17, 15) is 9.18 Å². The number of rotatable bonds is 11. The molecule has 1 aromatic carbocycles. The minimum atomic E-state index is -1.27. The molecule has 4 aromatic rings. The van der Waals surface area contributed by atoms with Gasteiger partial charge in [-0.05, 0) is 79.4 Å². The molecule has 4 heterocycles. The fourth-order valence-electron chi connectivity index (χ4n) is 7.47. The summed E-state index contributed by atoms with van der Waals surface area (Å²) in [5.74, 6) is 1.63. The van der Waals surface area contributed by atoms with Crippen LogP contribution < -0.4 is 5.56 Å². The van der Waals surface area contributed by atoms with Crippen molar-refractivity contribution >= 4 is 19.0 Å². The Hall–Kier alpha value is -3.08. The molecule has 6 rings (SSSR count). The van der Waals surface area contributed by atoms with Crippen LogP contribution in [0.3, 0.4) is 0 Å². The Morgan fingerprint density at radius 3 is 2.61 bits per heavy atom. The van der Waals surface area contributed by atoms with Crippen molar-refractivity contribution in [3.8, 4) is 5.69 Å². The number of aryl methyl sites for hydroxylation is 1. The first-order valence-corrected chi connectivity index (χ1v) is 20.7. The highest BCUT2D eigenvalue weighted by Crippen LogP contribution is 2.49. The number of alkyl halides is 1. The molecular formula is C36H51FN6O2Si. The molecule has 2 fully saturated rings. The number of ether oxygens (including phenoxy) is 1. The van der Waals surface area contributed by atoms with Crippen LogP contribution in [0.5, 0.6) is 0 Å². The fraction of sp³-hybridized carbons (Fsp3) is 0.583. The van der Waals surface area contributed by atoms with Crippen molar-refractivity contribution < 1.29 is 9.13 Å². The Bertz CT molecular complexity index is 1750. The van der Waals surface area contributed by atoms with Gasteiger partial charge in [0.2, 0.25) is 0 Å². The maximum Gasteiger partial charge on any atom is 0.279 e. The lowest BCUT2D eigenvalue weighted by atomic mass is 9.62. The van der Waals surface area contributed by atoms with Crippen molar-refractivity contribution in [1.82, 2.24) is 28.8 Å². The predicted octanol–water partition coefficient (Wildman–Crippen LogP) is 7.01. The van der Waals surface area contributed by atoms with E-state index in [1.54, 1.807) is 10.9 Å². The summed E-state index contributed by atoms with van der Waals surface area (Å²) in [4.78, 5) is 17.2. The Balaban J connectivity index is 1.46. The summed E-state index contributed by atoms with van der Waals surface area (Å²) < 4.78 is 26.7. The minimum absolute atomic E-state index is 0.0618. The number of hydrogen-bond donors (Lipinski definition) is 0. The van der Waals surface area contributed by atoms with E-state index in [4.69, 9.17) is 4.74 Å². The van der Waals surface area contributed by atoms with Crippen molar-refractivity contribution in [3.05, 3.63) is 75.9 Å². The van der Waals surface area contributed by atoms with Crippen LogP contribution >= 0.6 is 0 Å². The highest BCUT2D eigenvalue weighted by molar-refractivity contribution is 6.76. The van der Waals surface area contributed by atoms with Gasteiger partial charge in [-0.25, -0.2) is 4.39 Å². The van der Waals surface area contributed by atoms with Crippen molar-refractivity contribution in [1.29, 1.82) is 0 Å². The number of hydrogen-bond acceptors (Lipinski definition) is 5. The van der Waals surface area contributed by atoms with Crippen molar-refractivity contribution in [3.63, 3.8) is 0 Å². The third kappa shape index (κ3) is 6.40. The summed E-state index contributed by atoms with van der Waals surface area (Å²) in [6.45, 7) is 17.8. The molecule has 0 unspecified atom stereocenters. The monoisotopic (exact) mass is 646 g/mol. The first kappa shape index (κ1) is 32.8. The molecule has 0 bridgehead atoms. The summed E-state index contributed by atoms with van der Waals surface area (Å²) >= 11 is 0. The second-order valence-corrected chi connectivity index (χ2v) is 21.1. The number of benzene rings is 1. The van der Waals surface area contributed by atoms with Crippen molar-refractivity contribution in [2.45, 2.75) is 103 Å². The molecule has 0 N–H and O–H groups in total. The topological polar surface area (TPSA) is 70.1 Å². The number of likely N-dealkylation sites (tertiary alicyclic amines) is 1. The molecule has 2 aliphatic rings. The van der Waals surface area contributed by atoms with Gasteiger partial charge in [0.15, 0.2) is 0 Å². The Morgan fingerprint density at radius 2 is 1.96 bits per heavy atom. The maximum absolute atomic E-state index is 14.6. The predicted molar refractivity (Wildman–Crippen MR) is 185 cm³/mol. The van der Waals surface area contributed by atoms with E-state index in [1.165, 1.54) is 12.8 Å². The molecule has 0 amide bonds. The SMILES string of the molecule is CC(C)c1cn(-c2cccc(C3(c4nncn4C)CC(F)C3)c2)c(=O)c2c1cc(CN1CCC[C@H](C)C1)n2COCC[Si](C)(C)C. The average molecular weight is 647 g/mol. The van der Waals surface area contributed by atoms with Crippen LogP contribution in [-0.4, -0.2) is 62.7 Å². The molecule has 0 radical (unpaired) electrons. The molecule has 46 heavy (non-hydrogen) atoms. The van der Waals surface area contributed by atoms with Crippen LogP contribution in [0, 0.1) is 5.92 Å². The van der Waals surface area contributed by atoms with Gasteiger partial charge in [0, 0.05) is 57.8 Å². The highest BCUT2D eigenvalue weighted by atomic mass is 28.3. The molecule has 8 nitrogen and oxygen atoms in total. The van der Waals surface area contributed by atoms with E-state index in [1.807, 2.05) is 42.1 Å². The lowest BCUT2D eigenvalue weighted by Gasteiger charge is -2.43. The zero-order valence-corrected chi connectivity index (χ0v) is 29.7. The van der Waals surface area contributed by atoms with Gasteiger partial charge in [-0.1, -0.05) is 52.5 Å². The Kier molecular flexibility index (Phi) is 9.17. The van der Waals surface area contributed by atoms with Crippen LogP contribution in [-0.2, 0) is 30.5 Å². The molecule has 3 aromatic heterocycles. The van der Waals surface area contributed by atoms with Gasteiger partial charge in [-0.15, -0.1) is 10.2 Å². The largest absolute Gasteiger partial charge is 0.361 e. The number of pyridine rings is 1. The average Bonchev–Trinajstić information content (AvgIpc) is 3.56. The zero-order chi connectivity index (χ0) is 32.8. The third-order valence-electron chi connectivity index (χ3n) is 10.1. The van der Waals surface area contributed by atoms with Crippen LogP contribution in [0.15, 0.2) is 47.7 Å². The summed E-state index contributed by atoms with van der Waals surface area (Å²) in [5, 5.41) is 9.51. The lowest BCUT2D eigenvalue weighted by molar-refractivity contribution is 0.0848. The first-order valence-electron chi connectivity index (χ1n) is 17.0. The van der Waals surface area contributed by atoms with Crippen LogP contribution in [0.2, 0.25) is 25.7 Å². The van der Waals surface area contributed by atoms with E-state index in [0.29, 0.717) is 37.6 Å². The molecule has 1 aliphatic carbocycles. The second kappa shape index (κ2) is 12.8. The molecule has 1 aliphatic heterocycles. The first-order chi connectivity index (χ1) is 21.9. The van der Waals surface area contributed by atoms with E-state index in [2.05, 4.69) is 66.1 Å². The summed E-state index contributed by atoms with van der Waals surface area (Å²) in [7, 11) is 0.638. The molecule has 10 heteroatoms. The van der Waals surface area contributed by atoms with Gasteiger partial charge in [0.05, 0.1) is 5.41 Å². The van der Waals surface area contributed by atoms with Gasteiger partial charge < -0.3 is 13.9 Å². The van der Waals surface area contributed by atoms with E-state index < -0.39 is 19.7 Å². The van der Waals surface area contributed by atoms with Gasteiger partial charge in [0.1, 0.15) is 30.6 Å². The molecule has 1 atom stereocenters. The van der Waals surface area contributed by atoms with Gasteiger partial charge in [-0.2, -0.15) is 0 Å². The summed E-state index contributed by atoms with van der Waals surface area (Å²) in [6, 6.07) is 11.3. The second-order valence-electron chi connectivity index (χ2n) is 15.5. The number of aromatic nitrogens is 5. The van der Waals surface area contributed by atoms with Gasteiger partial charge in [0.25, 0.3) is 5.56 Å². The number of halogens is 1. The highest BCUT2D eigenvalue weighted by Gasteiger charge is 2.50. The van der Waals surface area contributed by atoms with Crippen LogP contribution in [0.25, 0.3) is 16.6 Å². The Labute approximate surface area is 273 Å². The normalized spacial score (nSPS) is 22.5. The van der Waals surface area contributed by atoms with Crippen LogP contribution in [0.4, 0.5) is 4.39 Å². The number of fused-ring (bicyclic) bond motifs is 1. The smallest absolute Gasteiger partial charge is 0.279 e. The van der Waals surface area contributed by atoms with E-state index in [-0.39, 0.29) is 11.5 Å². The molecule has 1 saturated heterocycles. The molecule has 0 spiro atoms. The maximum atomic E-state index is 14.6. The fourth-order valence-corrected chi connectivity index (χ4v) is 8.23. The number of piperidine rings is 1. The number of nitrogens with zero attached hydrogens (tertiary/aromatic N) is 6. The Morgan fingerprint density at radius 1 is 1.17 bits per heavy atom. The lowest BCUT2D eigenvalue weighted by Crippen LogP contribution is -2.45. The molecule has 248 valence electrons. The quantitative estimate of drug-likeness (QED) is 0.130. The zero-order valence-electron chi connectivity index (χ0n) is 28.7. The third-order valence-corrected chi connectivity index (χ3v) is 11.8. The van der Waals surface area contributed by atoms with E-state index in [0.717, 1.165) is 59.4 Å². The standard InChI is InChI=1S/C36H51FN6O2Si/c1-25(2)32-22-42(29-12-8-11-27(16-29)36(18-28(37)19-36)35-39-38-23-40(35)4)34(44)33-31(32)17-30(21-41-13-9-10-26(3)20-41)43(33)24-45-14-15-46(5,6)7/h8,11-12,16-17,22-23,25-26,28H,9-10,13-15,18-21,24H2,1-7H3/t26-,28?,36?/m0/s1. The molecular weight excluding hydrogens is 596 g/mol. The minimum Gasteiger partial charge on any atom is -0.361 e. The van der Waals surface area contributed by atoms with Gasteiger partial charge >= 0.3 is 0 Å². The van der Waals surface area contributed by atoms with Gasteiger partial charge in [-0.3, -0.25) is 14.3 Å². The van der Waals surface area contributed by atoms with E-state index >= 15 is 0 Å². The molecule has 1 saturated carbocycles. The van der Waals surface area contributed by atoms with Crippen molar-refractivity contribution in [2.75, 3.05) is 19.7 Å². The summed E-state index contributed by atoms with van der Waals surface area (Å²) in [5.41, 5.74) is 4.05.